The second kappa shape index (κ2) is 6.54. The van der Waals surface area contributed by atoms with Gasteiger partial charge in [0.2, 0.25) is 0 Å². The van der Waals surface area contributed by atoms with E-state index < -0.39 is 36.5 Å². The highest BCUT2D eigenvalue weighted by Gasteiger charge is 2.57. The zero-order chi connectivity index (χ0) is 18.2. The fourth-order valence-corrected chi connectivity index (χ4v) is 4.15. The van der Waals surface area contributed by atoms with Crippen LogP contribution in [-0.4, -0.2) is 48.4 Å². The lowest BCUT2D eigenvalue weighted by Gasteiger charge is -2.38. The van der Waals surface area contributed by atoms with Crippen LogP contribution in [0.25, 0.3) is 0 Å². The van der Waals surface area contributed by atoms with Gasteiger partial charge < -0.3 is 13.8 Å². The van der Waals surface area contributed by atoms with Crippen molar-refractivity contribution < 1.29 is 27.9 Å². The van der Waals surface area contributed by atoms with Crippen LogP contribution in [0, 0.1) is 5.41 Å². The number of hydrogen-bond donors (Lipinski definition) is 0. The molecule has 2 unspecified atom stereocenters. The van der Waals surface area contributed by atoms with E-state index >= 15 is 0 Å². The monoisotopic (exact) mass is 349 g/mol. The van der Waals surface area contributed by atoms with Crippen LogP contribution >= 0.6 is 7.60 Å². The van der Waals surface area contributed by atoms with Crippen molar-refractivity contribution >= 4 is 19.5 Å². The average molecular weight is 349 g/mol. The van der Waals surface area contributed by atoms with Crippen LogP contribution in [0.1, 0.15) is 48.0 Å². The zero-order valence-corrected chi connectivity index (χ0v) is 16.1. The van der Waals surface area contributed by atoms with Crippen LogP contribution in [0.5, 0.6) is 0 Å². The van der Waals surface area contributed by atoms with Crippen molar-refractivity contribution in [3.8, 4) is 0 Å². The summed E-state index contributed by atoms with van der Waals surface area (Å²) in [6.45, 7) is 10.9. The largest absolute Gasteiger partial charge is 0.444 e. The maximum atomic E-state index is 12.8. The van der Waals surface area contributed by atoms with Crippen LogP contribution < -0.4 is 0 Å². The van der Waals surface area contributed by atoms with Crippen molar-refractivity contribution in [2.24, 2.45) is 5.41 Å². The molecule has 7 nitrogen and oxygen atoms in total. The Morgan fingerprint density at radius 2 is 1.61 bits per heavy atom. The number of ketones is 1. The zero-order valence-electron chi connectivity index (χ0n) is 15.2. The Morgan fingerprint density at radius 3 is 1.96 bits per heavy atom. The Kier molecular flexibility index (Phi) is 5.72. The predicted molar refractivity (Wildman–Crippen MR) is 86.4 cm³/mol. The molecule has 134 valence electrons. The lowest BCUT2D eigenvalue weighted by molar-refractivity contribution is -0.118. The maximum Gasteiger partial charge on any atom is 0.411 e. The molecule has 1 aliphatic heterocycles. The van der Waals surface area contributed by atoms with Crippen molar-refractivity contribution in [1.82, 2.24) is 4.90 Å². The van der Waals surface area contributed by atoms with E-state index in [0.717, 1.165) is 0 Å². The van der Waals surface area contributed by atoms with Crippen LogP contribution in [0.2, 0.25) is 0 Å². The van der Waals surface area contributed by atoms with Gasteiger partial charge in [0, 0.05) is 26.7 Å². The SMILES string of the molecule is COP(=O)(OC)C1C(=O)CC(C(C)(C)C)N1C(=O)OC(C)(C)C. The molecule has 1 fully saturated rings. The van der Waals surface area contributed by atoms with Gasteiger partial charge in [-0.05, 0) is 26.2 Å². The number of carbonyl (C=O) groups excluding carboxylic acids is 2. The van der Waals surface area contributed by atoms with Crippen molar-refractivity contribution in [3.05, 3.63) is 0 Å². The van der Waals surface area contributed by atoms with E-state index in [2.05, 4.69) is 0 Å². The molecule has 0 aromatic rings. The van der Waals surface area contributed by atoms with Crippen LogP contribution in [0.3, 0.4) is 0 Å². The number of likely N-dealkylation sites (tertiary alicyclic amines) is 1. The Morgan fingerprint density at radius 1 is 1.13 bits per heavy atom. The third-order valence-electron chi connectivity index (χ3n) is 3.69. The highest BCUT2D eigenvalue weighted by atomic mass is 31.2. The van der Waals surface area contributed by atoms with Crippen LogP contribution in [-0.2, 0) is 23.1 Å². The molecule has 0 spiro atoms. The molecule has 0 N–H and O–H groups in total. The quantitative estimate of drug-likeness (QED) is 0.726. The van der Waals surface area contributed by atoms with Crippen LogP contribution in [0.4, 0.5) is 4.79 Å². The first-order valence-corrected chi connectivity index (χ1v) is 9.13. The Balaban J connectivity index is 3.34. The van der Waals surface area contributed by atoms with E-state index in [1.165, 1.54) is 19.1 Å². The topological polar surface area (TPSA) is 82.1 Å². The lowest BCUT2D eigenvalue weighted by Crippen LogP contribution is -2.49. The molecule has 0 saturated carbocycles. The van der Waals surface area contributed by atoms with E-state index in [9.17, 15) is 14.2 Å². The Hall–Kier alpha value is -0.910. The molecule has 0 aromatic carbocycles. The van der Waals surface area contributed by atoms with Crippen LogP contribution in [0.15, 0.2) is 0 Å². The highest BCUT2D eigenvalue weighted by Crippen LogP contribution is 2.57. The van der Waals surface area contributed by atoms with Gasteiger partial charge in [-0.15, -0.1) is 0 Å². The minimum Gasteiger partial charge on any atom is -0.444 e. The lowest BCUT2D eigenvalue weighted by atomic mass is 9.85. The van der Waals surface area contributed by atoms with Crippen molar-refractivity contribution in [3.63, 3.8) is 0 Å². The number of rotatable bonds is 3. The molecule has 1 aliphatic rings. The van der Waals surface area contributed by atoms with Gasteiger partial charge in [-0.2, -0.15) is 0 Å². The molecule has 1 amide bonds. The summed E-state index contributed by atoms with van der Waals surface area (Å²) >= 11 is 0. The smallest absolute Gasteiger partial charge is 0.411 e. The van der Waals surface area contributed by atoms with Gasteiger partial charge in [0.25, 0.3) is 0 Å². The Bertz CT molecular complexity index is 511. The number of Topliss-reactive ketones (excluding diaryl/α,β-unsaturated/α-hetero) is 1. The third-order valence-corrected chi connectivity index (χ3v) is 5.85. The normalized spacial score (nSPS) is 23.3. The van der Waals surface area contributed by atoms with E-state index in [0.29, 0.717) is 0 Å². The van der Waals surface area contributed by atoms with Gasteiger partial charge in [-0.25, -0.2) is 4.79 Å². The van der Waals surface area contributed by atoms with Gasteiger partial charge in [0.1, 0.15) is 5.60 Å². The number of ether oxygens (including phenoxy) is 1. The molecule has 1 rings (SSSR count). The first-order chi connectivity index (χ1) is 10.3. The van der Waals surface area contributed by atoms with Crippen molar-refractivity contribution in [2.45, 2.75) is 65.4 Å². The molecular weight excluding hydrogens is 321 g/mol. The molecule has 0 radical (unpaired) electrons. The van der Waals surface area contributed by atoms with E-state index in [1.807, 2.05) is 20.8 Å². The van der Waals surface area contributed by atoms with Gasteiger partial charge in [0.15, 0.2) is 11.6 Å². The second-order valence-corrected chi connectivity index (χ2v) is 10.0. The van der Waals surface area contributed by atoms with Gasteiger partial charge >= 0.3 is 13.7 Å². The van der Waals surface area contributed by atoms with Gasteiger partial charge in [-0.1, -0.05) is 20.8 Å². The molecule has 0 bridgehead atoms. The standard InChI is InChI=1S/C15H28NO6P/c1-14(2,3)11-9-10(17)12(23(19,20-7)21-8)16(11)13(18)22-15(4,5)6/h11-12H,9H2,1-8H3. The fraction of sp³-hybridized carbons (Fsp3) is 0.867. The summed E-state index contributed by atoms with van der Waals surface area (Å²) < 4.78 is 28.2. The molecular formula is C15H28NO6P. The average Bonchev–Trinajstić information content (AvgIpc) is 2.74. The van der Waals surface area contributed by atoms with E-state index in [1.54, 1.807) is 20.8 Å². The number of hydrogen-bond acceptors (Lipinski definition) is 6. The highest BCUT2D eigenvalue weighted by molar-refractivity contribution is 7.55. The summed E-state index contributed by atoms with van der Waals surface area (Å²) in [6, 6.07) is -0.450. The van der Waals surface area contributed by atoms with Gasteiger partial charge in [-0.3, -0.25) is 14.3 Å². The summed E-state index contributed by atoms with van der Waals surface area (Å²) in [5.74, 6) is -1.63. The number of carbonyl (C=O) groups is 2. The first-order valence-electron chi connectivity index (χ1n) is 7.52. The molecule has 23 heavy (non-hydrogen) atoms. The number of amides is 1. The second-order valence-electron chi connectivity index (χ2n) is 7.72. The summed E-state index contributed by atoms with van der Waals surface area (Å²) in [4.78, 5) is 26.4. The molecule has 2 atom stereocenters. The molecule has 0 aromatic heterocycles. The fourth-order valence-electron chi connectivity index (χ4n) is 2.59. The van der Waals surface area contributed by atoms with E-state index in [4.69, 9.17) is 13.8 Å². The molecule has 1 saturated heterocycles. The minimum atomic E-state index is -3.79. The summed E-state index contributed by atoms with van der Waals surface area (Å²) in [5, 5.41) is 0. The Labute approximate surface area is 138 Å². The summed E-state index contributed by atoms with van der Waals surface area (Å²) in [7, 11) is -1.38. The van der Waals surface area contributed by atoms with E-state index in [-0.39, 0.29) is 12.2 Å². The predicted octanol–water partition coefficient (Wildman–Crippen LogP) is 3.42. The first kappa shape index (κ1) is 20.1. The molecule has 0 aliphatic carbocycles. The molecule has 8 heteroatoms. The number of nitrogens with zero attached hydrogens (tertiary/aromatic N) is 1. The minimum absolute atomic E-state index is 0.0874. The van der Waals surface area contributed by atoms with Crippen molar-refractivity contribution in [2.75, 3.05) is 14.2 Å². The van der Waals surface area contributed by atoms with Crippen molar-refractivity contribution in [1.29, 1.82) is 0 Å². The third kappa shape index (κ3) is 4.34. The molecule has 1 heterocycles. The maximum absolute atomic E-state index is 12.8. The summed E-state index contributed by atoms with van der Waals surface area (Å²) in [6.07, 6.45) is -0.605. The van der Waals surface area contributed by atoms with Gasteiger partial charge in [0.05, 0.1) is 0 Å². The summed E-state index contributed by atoms with van der Waals surface area (Å²) in [5.41, 5.74) is -1.13.